The quantitative estimate of drug-likeness (QED) is 0.255. The first-order chi connectivity index (χ1) is 22.8. The van der Waals surface area contributed by atoms with Gasteiger partial charge in [-0.1, -0.05) is 68.2 Å². The molecule has 2 aliphatic rings. The van der Waals surface area contributed by atoms with Crippen LogP contribution in [0.5, 0.6) is 5.88 Å². The normalized spacial score (nSPS) is 21.8. The molecule has 1 saturated heterocycles. The number of carbonyl (C=O) groups excluding carboxylic acids is 1. The molecule has 0 spiro atoms. The van der Waals surface area contributed by atoms with Crippen molar-refractivity contribution in [3.8, 4) is 5.88 Å². The van der Waals surface area contributed by atoms with E-state index in [0.717, 1.165) is 17.7 Å². The Kier molecular flexibility index (Phi) is 11.0. The summed E-state index contributed by atoms with van der Waals surface area (Å²) in [5.74, 6) is 1.44. The van der Waals surface area contributed by atoms with E-state index in [-0.39, 0.29) is 18.1 Å². The smallest absolute Gasteiger partial charge is 0.326 e. The Balaban J connectivity index is 1.66. The van der Waals surface area contributed by atoms with Crippen LogP contribution in [-0.2, 0) is 21.2 Å². The Morgan fingerprint density at radius 2 is 1.54 bits per heavy atom. The number of ether oxygens (including phenoxy) is 2. The molecule has 12 heteroatoms. The number of amides is 2. The molecule has 0 saturated carbocycles. The highest BCUT2D eigenvalue weighted by Gasteiger charge is 2.60. The molecule has 0 bridgehead atoms. The van der Waals surface area contributed by atoms with Crippen molar-refractivity contribution in [2.24, 2.45) is 4.99 Å². The Bertz CT molecular complexity index is 1610. The van der Waals surface area contributed by atoms with Gasteiger partial charge in [0.05, 0.1) is 32.0 Å². The molecule has 0 radical (unpaired) electrons. The lowest BCUT2D eigenvalue weighted by atomic mass is 9.71. The lowest BCUT2D eigenvalue weighted by molar-refractivity contribution is 0.0549. The molecule has 258 valence electrons. The second-order valence-electron chi connectivity index (χ2n) is 13.5. The molecule has 5 rings (SSSR count). The summed E-state index contributed by atoms with van der Waals surface area (Å²) in [5, 5.41) is 10.2. The van der Waals surface area contributed by atoms with Crippen LogP contribution in [0.2, 0.25) is 10.0 Å². The Labute approximate surface area is 293 Å². The van der Waals surface area contributed by atoms with Crippen molar-refractivity contribution in [1.82, 2.24) is 24.7 Å². The van der Waals surface area contributed by atoms with Crippen molar-refractivity contribution < 1.29 is 19.4 Å². The average molecular weight is 698 g/mol. The van der Waals surface area contributed by atoms with Gasteiger partial charge in [-0.25, -0.2) is 9.78 Å². The molecular formula is C36H46Cl2N6O4. The third-order valence-electron chi connectivity index (χ3n) is 9.32. The number of hydrogen-bond donors (Lipinski definition) is 1. The molecule has 3 aromatic rings. The molecule has 0 aliphatic carbocycles. The van der Waals surface area contributed by atoms with E-state index >= 15 is 4.79 Å². The van der Waals surface area contributed by atoms with E-state index in [9.17, 15) is 0 Å². The number of aliphatic imine (C=N–C) groups is 1. The summed E-state index contributed by atoms with van der Waals surface area (Å²) in [6, 6.07) is 15.1. The number of piperazine rings is 1. The van der Waals surface area contributed by atoms with Crippen LogP contribution in [0.25, 0.3) is 0 Å². The fraction of sp³-hybridized carbons (Fsp3) is 0.500. The van der Waals surface area contributed by atoms with Crippen LogP contribution in [0.3, 0.4) is 0 Å². The Morgan fingerprint density at radius 3 is 2.10 bits per heavy atom. The van der Waals surface area contributed by atoms with E-state index < -0.39 is 11.1 Å². The predicted octanol–water partition coefficient (Wildman–Crippen LogP) is 6.12. The maximum atomic E-state index is 15.1. The van der Waals surface area contributed by atoms with Gasteiger partial charge in [-0.3, -0.25) is 14.8 Å². The molecule has 2 aromatic carbocycles. The van der Waals surface area contributed by atoms with Crippen molar-refractivity contribution >= 4 is 35.1 Å². The molecule has 1 N–H and O–H groups in total. The highest BCUT2D eigenvalue weighted by Crippen LogP contribution is 2.54. The van der Waals surface area contributed by atoms with Crippen molar-refractivity contribution in [2.45, 2.75) is 58.0 Å². The van der Waals surface area contributed by atoms with Gasteiger partial charge < -0.3 is 19.5 Å². The van der Waals surface area contributed by atoms with Crippen LogP contribution >= 0.6 is 23.2 Å². The van der Waals surface area contributed by atoms with Crippen LogP contribution in [0.1, 0.15) is 64.1 Å². The van der Waals surface area contributed by atoms with Crippen LogP contribution in [0.4, 0.5) is 4.79 Å². The molecule has 3 heterocycles. The molecule has 2 atom stereocenters. The van der Waals surface area contributed by atoms with Crippen LogP contribution < -0.4 is 4.74 Å². The zero-order chi connectivity index (χ0) is 34.7. The van der Waals surface area contributed by atoms with E-state index in [4.69, 9.17) is 52.7 Å². The van der Waals surface area contributed by atoms with Gasteiger partial charge in [0, 0.05) is 54.4 Å². The van der Waals surface area contributed by atoms with E-state index in [1.165, 1.54) is 0 Å². The number of carbonyl (C=O) groups is 1. The molecule has 2 aliphatic heterocycles. The summed E-state index contributed by atoms with van der Waals surface area (Å²) in [6.45, 7) is 16.5. The number of benzene rings is 2. The highest BCUT2D eigenvalue weighted by molar-refractivity contribution is 6.30. The van der Waals surface area contributed by atoms with Gasteiger partial charge in [0.15, 0.2) is 0 Å². The van der Waals surface area contributed by atoms with E-state index in [2.05, 4.69) is 11.8 Å². The van der Waals surface area contributed by atoms with Gasteiger partial charge in [0.1, 0.15) is 22.7 Å². The topological polar surface area (TPSA) is 104 Å². The van der Waals surface area contributed by atoms with Crippen molar-refractivity contribution in [1.29, 1.82) is 0 Å². The lowest BCUT2D eigenvalue weighted by Gasteiger charge is -2.47. The second-order valence-corrected chi connectivity index (χ2v) is 14.3. The third kappa shape index (κ3) is 7.05. The average Bonchev–Trinajstić information content (AvgIpc) is 3.31. The third-order valence-corrected chi connectivity index (χ3v) is 9.82. The van der Waals surface area contributed by atoms with E-state index in [1.807, 2.05) is 92.9 Å². The largest absolute Gasteiger partial charge is 0.477 e. The van der Waals surface area contributed by atoms with Gasteiger partial charge in [0.25, 0.3) is 0 Å². The van der Waals surface area contributed by atoms with Crippen LogP contribution in [-0.4, -0.2) is 101 Å². The summed E-state index contributed by atoms with van der Waals surface area (Å²) in [4.78, 5) is 36.1. The summed E-state index contributed by atoms with van der Waals surface area (Å²) < 4.78 is 11.6. The number of aliphatic hydroxyl groups is 1. The summed E-state index contributed by atoms with van der Waals surface area (Å²) in [7, 11) is 0. The lowest BCUT2D eigenvalue weighted by Crippen LogP contribution is -2.60. The number of rotatable bonds is 10. The number of aliphatic hydroxyl groups excluding tert-OH is 1. The van der Waals surface area contributed by atoms with E-state index in [0.29, 0.717) is 79.1 Å². The maximum absolute atomic E-state index is 15.1. The zero-order valence-electron chi connectivity index (χ0n) is 28.7. The minimum Gasteiger partial charge on any atom is -0.477 e. The molecule has 1 aromatic heterocycles. The maximum Gasteiger partial charge on any atom is 0.326 e. The minimum absolute atomic E-state index is 0.00168. The molecule has 0 unspecified atom stereocenters. The SMILES string of the molecule is CCOc1nc(C(C)(C)C)ncc1C1=N[C@@](C)(c2ccc(Cl)cc2)[C@@](C)(c2ccc(Cl)cc2)N1C(=O)N1CCN(CCOCCO)CC1. The fourth-order valence-corrected chi connectivity index (χ4v) is 6.61. The second kappa shape index (κ2) is 14.7. The predicted molar refractivity (Wildman–Crippen MR) is 189 cm³/mol. The first-order valence-corrected chi connectivity index (χ1v) is 17.2. The zero-order valence-corrected chi connectivity index (χ0v) is 30.2. The Morgan fingerprint density at radius 1 is 0.938 bits per heavy atom. The monoisotopic (exact) mass is 696 g/mol. The molecule has 2 amide bonds. The minimum atomic E-state index is -1.03. The van der Waals surface area contributed by atoms with E-state index in [1.54, 1.807) is 6.20 Å². The van der Waals surface area contributed by atoms with Gasteiger partial charge >= 0.3 is 6.03 Å². The number of amidine groups is 1. The van der Waals surface area contributed by atoms with Gasteiger partial charge in [-0.15, -0.1) is 0 Å². The van der Waals surface area contributed by atoms with Crippen LogP contribution in [0, 0.1) is 0 Å². The van der Waals surface area contributed by atoms with Gasteiger partial charge in [-0.05, 0) is 56.2 Å². The number of halogens is 2. The molecule has 48 heavy (non-hydrogen) atoms. The molecule has 10 nitrogen and oxygen atoms in total. The van der Waals surface area contributed by atoms with Crippen molar-refractivity contribution in [2.75, 3.05) is 59.2 Å². The fourth-order valence-electron chi connectivity index (χ4n) is 6.36. The van der Waals surface area contributed by atoms with Gasteiger partial charge in [0.2, 0.25) is 5.88 Å². The summed E-state index contributed by atoms with van der Waals surface area (Å²) in [6.07, 6.45) is 1.73. The summed E-state index contributed by atoms with van der Waals surface area (Å²) >= 11 is 12.8. The standard InChI is InChI=1S/C36H46Cl2N6O4/c1-7-48-31-29(24-39-32(40-31)34(2,3)4)30-41-35(5,25-8-12-27(37)13-9-25)36(6,26-10-14-28(38)15-11-26)44(30)33(46)43-18-16-42(17-19-43)20-22-47-23-21-45/h8-15,24,45H,7,16-23H2,1-6H3/t35-,36+/m0/s1. The highest BCUT2D eigenvalue weighted by atomic mass is 35.5. The first kappa shape index (κ1) is 36.0. The number of urea groups is 1. The number of hydrogen-bond acceptors (Lipinski definition) is 8. The Hall–Kier alpha value is -3.28. The summed E-state index contributed by atoms with van der Waals surface area (Å²) in [5.41, 5.74) is -0.0454. The number of aromatic nitrogens is 2. The van der Waals surface area contributed by atoms with Gasteiger partial charge in [-0.2, -0.15) is 4.98 Å². The van der Waals surface area contributed by atoms with Crippen LogP contribution in [0.15, 0.2) is 59.7 Å². The van der Waals surface area contributed by atoms with Crippen molar-refractivity contribution in [3.63, 3.8) is 0 Å². The number of nitrogens with zero attached hydrogens (tertiary/aromatic N) is 6. The molecular weight excluding hydrogens is 651 g/mol. The first-order valence-electron chi connectivity index (χ1n) is 16.5. The van der Waals surface area contributed by atoms with Crippen molar-refractivity contribution in [3.05, 3.63) is 87.3 Å². The molecule has 1 fully saturated rings.